The first kappa shape index (κ1) is 25.4. The Morgan fingerprint density at radius 3 is 2.23 bits per heavy atom. The van der Waals surface area contributed by atoms with Gasteiger partial charge in [0.2, 0.25) is 5.91 Å². The maximum absolute atomic E-state index is 12.8. The van der Waals surface area contributed by atoms with E-state index in [1.165, 1.54) is 6.92 Å². The number of hydrazine groups is 2. The number of nitroso groups, excluding NO2 is 1. The highest BCUT2D eigenvalue weighted by Crippen LogP contribution is 2.17. The molecule has 0 radical (unpaired) electrons. The third-order valence-electron chi connectivity index (χ3n) is 4.43. The summed E-state index contributed by atoms with van der Waals surface area (Å²) in [5.74, 6) is 3.46. The molecule has 0 aromatic carbocycles. The Morgan fingerprint density at radius 2 is 1.73 bits per heavy atom. The fourth-order valence-corrected chi connectivity index (χ4v) is 2.93. The van der Waals surface area contributed by atoms with Crippen LogP contribution >= 0.6 is 0 Å². The van der Waals surface area contributed by atoms with Crippen molar-refractivity contribution < 1.29 is 23.9 Å². The molecule has 0 aromatic rings. The Morgan fingerprint density at radius 1 is 1.13 bits per heavy atom. The first-order chi connectivity index (χ1) is 13.8. The second-order valence-electron chi connectivity index (χ2n) is 8.53. The van der Waals surface area contributed by atoms with Gasteiger partial charge in [-0.05, 0) is 46.5 Å². The fraction of sp³-hybridized carbons (Fsp3) is 0.778. The highest BCUT2D eigenvalue weighted by atomic mass is 16.6. The van der Waals surface area contributed by atoms with Crippen molar-refractivity contribution in [2.24, 2.45) is 16.9 Å². The number of alkyl carbamates (subject to hydrolysis) is 1. The standard InChI is InChI=1S/C18H32N6O6/c1-10(2)13(21-17(28)30-18(4,5)6)15(26)20-11(3)16(27)23-9-7-8-12(24(23)19)14(25)22-29/h10-13H,7-9,19H2,1-6H3,(H,20,26)(H,21,28)/t11?,12?,13-/m0/s1. The Balaban J connectivity index is 2.80. The molecule has 1 rings (SSSR count). The van der Waals surface area contributed by atoms with Crippen LogP contribution < -0.4 is 16.5 Å². The average Bonchev–Trinajstić information content (AvgIpc) is 2.63. The lowest BCUT2D eigenvalue weighted by Crippen LogP contribution is -2.64. The molecule has 1 heterocycles. The number of nitrogens with one attached hydrogen (secondary N) is 2. The summed E-state index contributed by atoms with van der Waals surface area (Å²) in [7, 11) is 0. The minimum Gasteiger partial charge on any atom is -0.444 e. The first-order valence-electron chi connectivity index (χ1n) is 9.80. The molecule has 0 aromatic heterocycles. The van der Waals surface area contributed by atoms with Crippen LogP contribution in [0.15, 0.2) is 5.18 Å². The Hall–Kier alpha value is -2.60. The minimum atomic E-state index is -1.03. The highest BCUT2D eigenvalue weighted by Gasteiger charge is 2.37. The van der Waals surface area contributed by atoms with Crippen molar-refractivity contribution in [3.8, 4) is 0 Å². The van der Waals surface area contributed by atoms with Gasteiger partial charge in [-0.15, -0.1) is 10.0 Å². The number of nitrogens with zero attached hydrogens (tertiary/aromatic N) is 3. The van der Waals surface area contributed by atoms with Crippen molar-refractivity contribution in [2.75, 3.05) is 6.54 Å². The van der Waals surface area contributed by atoms with E-state index < -0.39 is 47.5 Å². The number of hydrogen-bond donors (Lipinski definition) is 3. The number of ether oxygens (including phenoxy) is 1. The Kier molecular flexibility index (Phi) is 8.85. The highest BCUT2D eigenvalue weighted by molar-refractivity contribution is 5.91. The summed E-state index contributed by atoms with van der Waals surface area (Å²) in [6.07, 6.45) is -0.0102. The SMILES string of the molecule is CC(NC(=O)[C@@H](NC(=O)OC(C)(C)C)C(C)C)C(=O)N1CCCC(C(=O)N=O)N1N. The Bertz CT molecular complexity index is 677. The van der Waals surface area contributed by atoms with Crippen LogP contribution in [0, 0.1) is 10.8 Å². The molecule has 0 spiro atoms. The van der Waals surface area contributed by atoms with Gasteiger partial charge in [0.15, 0.2) is 0 Å². The summed E-state index contributed by atoms with van der Waals surface area (Å²) in [6, 6.07) is -2.96. The average molecular weight is 428 g/mol. The third kappa shape index (κ3) is 7.02. The van der Waals surface area contributed by atoms with Gasteiger partial charge >= 0.3 is 12.0 Å². The van der Waals surface area contributed by atoms with Gasteiger partial charge in [0.1, 0.15) is 23.7 Å². The van der Waals surface area contributed by atoms with Crippen molar-refractivity contribution in [3.05, 3.63) is 4.91 Å². The van der Waals surface area contributed by atoms with Crippen molar-refractivity contribution in [1.82, 2.24) is 20.8 Å². The molecule has 0 bridgehead atoms. The van der Waals surface area contributed by atoms with Gasteiger partial charge in [0.25, 0.3) is 5.91 Å². The summed E-state index contributed by atoms with van der Waals surface area (Å²) in [4.78, 5) is 59.6. The lowest BCUT2D eigenvalue weighted by Gasteiger charge is -2.40. The largest absolute Gasteiger partial charge is 0.444 e. The molecule has 170 valence electrons. The van der Waals surface area contributed by atoms with Gasteiger partial charge in [0.05, 0.1) is 0 Å². The molecule has 1 saturated heterocycles. The molecule has 12 heteroatoms. The topological polar surface area (TPSA) is 164 Å². The van der Waals surface area contributed by atoms with Gasteiger partial charge < -0.3 is 15.4 Å². The third-order valence-corrected chi connectivity index (χ3v) is 4.43. The van der Waals surface area contributed by atoms with Crippen molar-refractivity contribution in [1.29, 1.82) is 0 Å². The first-order valence-corrected chi connectivity index (χ1v) is 9.80. The van der Waals surface area contributed by atoms with E-state index in [0.29, 0.717) is 12.8 Å². The molecular formula is C18H32N6O6. The van der Waals surface area contributed by atoms with Crippen LogP contribution in [0.1, 0.15) is 54.4 Å². The molecule has 1 fully saturated rings. The maximum atomic E-state index is 12.8. The monoisotopic (exact) mass is 428 g/mol. The van der Waals surface area contributed by atoms with E-state index >= 15 is 0 Å². The van der Waals surface area contributed by atoms with Crippen LogP contribution in [-0.4, -0.2) is 64.2 Å². The molecule has 4 N–H and O–H groups in total. The molecule has 0 saturated carbocycles. The van der Waals surface area contributed by atoms with Crippen LogP contribution in [0.3, 0.4) is 0 Å². The maximum Gasteiger partial charge on any atom is 0.408 e. The van der Waals surface area contributed by atoms with Crippen molar-refractivity contribution in [2.45, 2.75) is 78.1 Å². The lowest BCUT2D eigenvalue weighted by atomic mass is 10.0. The van der Waals surface area contributed by atoms with Crippen LogP contribution in [0.2, 0.25) is 0 Å². The summed E-state index contributed by atoms with van der Waals surface area (Å²) < 4.78 is 5.18. The lowest BCUT2D eigenvalue weighted by molar-refractivity contribution is -0.167. The zero-order valence-electron chi connectivity index (χ0n) is 18.3. The quantitative estimate of drug-likeness (QED) is 0.404. The van der Waals surface area contributed by atoms with Crippen molar-refractivity contribution in [3.63, 3.8) is 0 Å². The van der Waals surface area contributed by atoms with Gasteiger partial charge in [-0.25, -0.2) is 10.6 Å². The molecule has 30 heavy (non-hydrogen) atoms. The molecular weight excluding hydrogens is 396 g/mol. The predicted octanol–water partition coefficient (Wildman–Crippen LogP) is 0.415. The van der Waals surface area contributed by atoms with Crippen molar-refractivity contribution >= 4 is 23.8 Å². The summed E-state index contributed by atoms with van der Waals surface area (Å²) in [6.45, 7) is 10.3. The van der Waals surface area contributed by atoms with E-state index in [1.54, 1.807) is 34.6 Å². The molecule has 12 nitrogen and oxygen atoms in total. The number of nitrogens with two attached hydrogens (primary N) is 1. The van der Waals surface area contributed by atoms with E-state index in [0.717, 1.165) is 10.1 Å². The van der Waals surface area contributed by atoms with Gasteiger partial charge in [-0.3, -0.25) is 19.4 Å². The molecule has 1 aliphatic heterocycles. The van der Waals surface area contributed by atoms with Gasteiger partial charge in [-0.2, -0.15) is 0 Å². The number of carbonyl (C=O) groups is 4. The molecule has 4 amide bonds. The van der Waals surface area contributed by atoms with Gasteiger partial charge in [-0.1, -0.05) is 13.8 Å². The van der Waals surface area contributed by atoms with Crippen LogP contribution in [-0.2, 0) is 19.1 Å². The number of carbonyl (C=O) groups excluding carboxylic acids is 4. The fourth-order valence-electron chi connectivity index (χ4n) is 2.93. The predicted molar refractivity (Wildman–Crippen MR) is 107 cm³/mol. The smallest absolute Gasteiger partial charge is 0.408 e. The number of rotatable bonds is 6. The van der Waals surface area contributed by atoms with E-state index in [-0.39, 0.29) is 12.5 Å². The minimum absolute atomic E-state index is 0.224. The van der Waals surface area contributed by atoms with E-state index in [2.05, 4.69) is 15.8 Å². The second-order valence-corrected chi connectivity index (χ2v) is 8.53. The summed E-state index contributed by atoms with van der Waals surface area (Å²) in [5, 5.41) is 9.43. The van der Waals surface area contributed by atoms with E-state index in [1.807, 2.05) is 0 Å². The zero-order chi connectivity index (χ0) is 23.2. The van der Waals surface area contributed by atoms with Crippen LogP contribution in [0.4, 0.5) is 4.79 Å². The van der Waals surface area contributed by atoms with Crippen LogP contribution in [0.5, 0.6) is 0 Å². The zero-order valence-corrected chi connectivity index (χ0v) is 18.3. The summed E-state index contributed by atoms with van der Waals surface area (Å²) >= 11 is 0. The Labute approximate surface area is 175 Å². The molecule has 3 atom stereocenters. The van der Waals surface area contributed by atoms with E-state index in [9.17, 15) is 24.1 Å². The number of hydrogen-bond acceptors (Lipinski definition) is 8. The molecule has 0 aliphatic carbocycles. The van der Waals surface area contributed by atoms with E-state index in [4.69, 9.17) is 10.6 Å². The normalized spacial score (nSPS) is 19.6. The number of amides is 4. The van der Waals surface area contributed by atoms with Gasteiger partial charge in [0, 0.05) is 11.7 Å². The van der Waals surface area contributed by atoms with Crippen LogP contribution in [0.25, 0.3) is 0 Å². The second kappa shape index (κ2) is 10.4. The summed E-state index contributed by atoms with van der Waals surface area (Å²) in [5.41, 5.74) is -0.728. The molecule has 2 unspecified atom stereocenters. The molecule has 1 aliphatic rings.